The van der Waals surface area contributed by atoms with Crippen LogP contribution in [0.1, 0.15) is 36.8 Å². The SMILES string of the molecule is Cc1ccc(CNC2CCN3CCCCC23)cc1F. The lowest BCUT2D eigenvalue weighted by molar-refractivity contribution is 0.180. The van der Waals surface area contributed by atoms with Crippen molar-refractivity contribution in [2.24, 2.45) is 0 Å². The third-order valence-electron chi connectivity index (χ3n) is 4.66. The summed E-state index contributed by atoms with van der Waals surface area (Å²) in [5, 5.41) is 3.64. The standard InChI is InChI=1S/C16H23FN2/c1-12-5-6-13(10-14(12)17)11-18-15-7-9-19-8-3-2-4-16(15)19/h5-6,10,15-16,18H,2-4,7-9,11H2,1H3. The van der Waals surface area contributed by atoms with Gasteiger partial charge < -0.3 is 5.32 Å². The van der Waals surface area contributed by atoms with Crippen LogP contribution in [0.15, 0.2) is 18.2 Å². The molecule has 2 heterocycles. The molecule has 0 radical (unpaired) electrons. The predicted octanol–water partition coefficient (Wildman–Crippen LogP) is 2.85. The zero-order chi connectivity index (χ0) is 13.2. The highest BCUT2D eigenvalue weighted by molar-refractivity contribution is 5.23. The number of rotatable bonds is 3. The van der Waals surface area contributed by atoms with Crippen molar-refractivity contribution in [3.63, 3.8) is 0 Å². The lowest BCUT2D eigenvalue weighted by Crippen LogP contribution is -2.44. The summed E-state index contributed by atoms with van der Waals surface area (Å²) in [6, 6.07) is 6.86. The van der Waals surface area contributed by atoms with Crippen LogP contribution in [0.25, 0.3) is 0 Å². The van der Waals surface area contributed by atoms with Gasteiger partial charge in [0, 0.05) is 25.2 Å². The molecule has 2 saturated heterocycles. The average Bonchev–Trinajstić information content (AvgIpc) is 2.83. The molecule has 2 atom stereocenters. The fourth-order valence-electron chi connectivity index (χ4n) is 3.48. The van der Waals surface area contributed by atoms with Crippen LogP contribution in [0, 0.1) is 12.7 Å². The number of piperidine rings is 1. The zero-order valence-electron chi connectivity index (χ0n) is 11.7. The zero-order valence-corrected chi connectivity index (χ0v) is 11.7. The van der Waals surface area contributed by atoms with Gasteiger partial charge in [-0.2, -0.15) is 0 Å². The minimum absolute atomic E-state index is 0.0926. The largest absolute Gasteiger partial charge is 0.308 e. The Morgan fingerprint density at radius 3 is 3.00 bits per heavy atom. The van der Waals surface area contributed by atoms with Crippen LogP contribution in [0.4, 0.5) is 4.39 Å². The molecule has 1 N–H and O–H groups in total. The van der Waals surface area contributed by atoms with Gasteiger partial charge in [-0.3, -0.25) is 4.90 Å². The molecular formula is C16H23FN2. The molecule has 0 saturated carbocycles. The molecule has 0 amide bonds. The Labute approximate surface area is 115 Å². The van der Waals surface area contributed by atoms with Crippen molar-refractivity contribution in [2.75, 3.05) is 13.1 Å². The quantitative estimate of drug-likeness (QED) is 0.901. The van der Waals surface area contributed by atoms with Crippen LogP contribution in [-0.4, -0.2) is 30.1 Å². The van der Waals surface area contributed by atoms with E-state index in [2.05, 4.69) is 10.2 Å². The number of hydrogen-bond donors (Lipinski definition) is 1. The van der Waals surface area contributed by atoms with E-state index in [9.17, 15) is 4.39 Å². The highest BCUT2D eigenvalue weighted by atomic mass is 19.1. The van der Waals surface area contributed by atoms with Crippen molar-refractivity contribution < 1.29 is 4.39 Å². The number of hydrogen-bond acceptors (Lipinski definition) is 2. The summed E-state index contributed by atoms with van der Waals surface area (Å²) in [5.74, 6) is -0.0926. The van der Waals surface area contributed by atoms with Crippen LogP contribution in [0.5, 0.6) is 0 Å². The molecule has 1 aromatic rings. The molecule has 2 nitrogen and oxygen atoms in total. The maximum Gasteiger partial charge on any atom is 0.126 e. The number of aryl methyl sites for hydroxylation is 1. The number of halogens is 1. The summed E-state index contributed by atoms with van der Waals surface area (Å²) in [7, 11) is 0. The molecular weight excluding hydrogens is 239 g/mol. The maximum atomic E-state index is 13.5. The molecule has 0 aromatic heterocycles. The Bertz CT molecular complexity index is 446. The van der Waals surface area contributed by atoms with Gasteiger partial charge >= 0.3 is 0 Å². The molecule has 2 aliphatic rings. The molecule has 2 unspecified atom stereocenters. The van der Waals surface area contributed by atoms with Crippen LogP contribution in [-0.2, 0) is 6.54 Å². The van der Waals surface area contributed by atoms with Crippen molar-refractivity contribution in [2.45, 2.75) is 51.2 Å². The lowest BCUT2D eigenvalue weighted by Gasteiger charge is -2.32. The Kier molecular flexibility index (Phi) is 3.85. The Hall–Kier alpha value is -0.930. The molecule has 2 aliphatic heterocycles. The van der Waals surface area contributed by atoms with Crippen LogP contribution >= 0.6 is 0 Å². The highest BCUT2D eigenvalue weighted by Gasteiger charge is 2.34. The Morgan fingerprint density at radius 2 is 2.16 bits per heavy atom. The van der Waals surface area contributed by atoms with Crippen molar-refractivity contribution in [1.29, 1.82) is 0 Å². The fraction of sp³-hybridized carbons (Fsp3) is 0.625. The van der Waals surface area contributed by atoms with E-state index in [0.717, 1.165) is 17.7 Å². The van der Waals surface area contributed by atoms with Crippen molar-refractivity contribution in [3.05, 3.63) is 35.1 Å². The summed E-state index contributed by atoms with van der Waals surface area (Å²) < 4.78 is 13.5. The second-order valence-corrected chi connectivity index (χ2v) is 5.96. The van der Waals surface area contributed by atoms with Gasteiger partial charge in [0.15, 0.2) is 0 Å². The summed E-state index contributed by atoms with van der Waals surface area (Å²) in [6.45, 7) is 5.09. The van der Waals surface area contributed by atoms with E-state index in [4.69, 9.17) is 0 Å². The van der Waals surface area contributed by atoms with Gasteiger partial charge in [-0.1, -0.05) is 18.6 Å². The van der Waals surface area contributed by atoms with E-state index in [0.29, 0.717) is 12.1 Å². The summed E-state index contributed by atoms with van der Waals surface area (Å²) in [5.41, 5.74) is 1.78. The first kappa shape index (κ1) is 13.1. The van der Waals surface area contributed by atoms with E-state index in [1.165, 1.54) is 38.8 Å². The molecule has 3 rings (SSSR count). The second kappa shape index (κ2) is 5.59. The first-order valence-electron chi connectivity index (χ1n) is 7.46. The number of fused-ring (bicyclic) bond motifs is 1. The van der Waals surface area contributed by atoms with Gasteiger partial charge in [0.05, 0.1) is 0 Å². The van der Waals surface area contributed by atoms with Crippen molar-refractivity contribution in [1.82, 2.24) is 10.2 Å². The molecule has 0 bridgehead atoms. The molecule has 19 heavy (non-hydrogen) atoms. The predicted molar refractivity (Wildman–Crippen MR) is 75.6 cm³/mol. The van der Waals surface area contributed by atoms with E-state index in [1.54, 1.807) is 6.07 Å². The van der Waals surface area contributed by atoms with E-state index < -0.39 is 0 Å². The first-order valence-corrected chi connectivity index (χ1v) is 7.46. The van der Waals surface area contributed by atoms with Crippen LogP contribution in [0.3, 0.4) is 0 Å². The minimum Gasteiger partial charge on any atom is -0.308 e. The molecule has 3 heteroatoms. The van der Waals surface area contributed by atoms with Crippen molar-refractivity contribution >= 4 is 0 Å². The van der Waals surface area contributed by atoms with E-state index >= 15 is 0 Å². The first-order chi connectivity index (χ1) is 9.24. The molecule has 0 aliphatic carbocycles. The van der Waals surface area contributed by atoms with Crippen LogP contribution < -0.4 is 5.32 Å². The third-order valence-corrected chi connectivity index (χ3v) is 4.66. The molecule has 104 valence electrons. The van der Waals surface area contributed by atoms with Gasteiger partial charge in [-0.25, -0.2) is 4.39 Å². The van der Waals surface area contributed by atoms with Crippen LogP contribution in [0.2, 0.25) is 0 Å². The van der Waals surface area contributed by atoms with Crippen molar-refractivity contribution in [3.8, 4) is 0 Å². The van der Waals surface area contributed by atoms with Gasteiger partial charge in [0.1, 0.15) is 5.82 Å². The Morgan fingerprint density at radius 1 is 1.26 bits per heavy atom. The van der Waals surface area contributed by atoms with E-state index in [-0.39, 0.29) is 5.82 Å². The molecule has 2 fully saturated rings. The maximum absolute atomic E-state index is 13.5. The lowest BCUT2D eigenvalue weighted by atomic mass is 9.99. The smallest absolute Gasteiger partial charge is 0.126 e. The Balaban J connectivity index is 1.58. The second-order valence-electron chi connectivity index (χ2n) is 5.96. The number of nitrogens with zero attached hydrogens (tertiary/aromatic N) is 1. The third kappa shape index (κ3) is 2.82. The number of benzene rings is 1. The van der Waals surface area contributed by atoms with Gasteiger partial charge in [0.25, 0.3) is 0 Å². The van der Waals surface area contributed by atoms with Gasteiger partial charge in [-0.15, -0.1) is 0 Å². The summed E-state index contributed by atoms with van der Waals surface area (Å²) in [6.07, 6.45) is 5.27. The molecule has 1 aromatic carbocycles. The normalized spacial score (nSPS) is 27.5. The average molecular weight is 262 g/mol. The highest BCUT2D eigenvalue weighted by Crippen LogP contribution is 2.27. The number of nitrogens with one attached hydrogen (secondary N) is 1. The minimum atomic E-state index is -0.0926. The topological polar surface area (TPSA) is 15.3 Å². The van der Waals surface area contributed by atoms with Gasteiger partial charge in [-0.05, 0) is 49.9 Å². The molecule has 0 spiro atoms. The summed E-state index contributed by atoms with van der Waals surface area (Å²) >= 11 is 0. The van der Waals surface area contributed by atoms with E-state index in [1.807, 2.05) is 19.1 Å². The summed E-state index contributed by atoms with van der Waals surface area (Å²) in [4.78, 5) is 2.62. The fourth-order valence-corrected chi connectivity index (χ4v) is 3.48. The monoisotopic (exact) mass is 262 g/mol. The van der Waals surface area contributed by atoms with Gasteiger partial charge in [0.2, 0.25) is 0 Å².